The van der Waals surface area contributed by atoms with Gasteiger partial charge in [-0.05, 0) is 62.4 Å². The van der Waals surface area contributed by atoms with E-state index in [0.29, 0.717) is 16.9 Å². The van der Waals surface area contributed by atoms with Gasteiger partial charge in [-0.15, -0.1) is 0 Å². The van der Waals surface area contributed by atoms with Crippen molar-refractivity contribution in [1.82, 2.24) is 4.57 Å². The Kier molecular flexibility index (Phi) is 5.40. The topological polar surface area (TPSA) is 83.8 Å². The van der Waals surface area contributed by atoms with Crippen molar-refractivity contribution in [3.8, 4) is 17.2 Å². The maximum atomic E-state index is 13.1. The molecule has 1 aliphatic rings. The highest BCUT2D eigenvalue weighted by Crippen LogP contribution is 2.40. The van der Waals surface area contributed by atoms with Crippen LogP contribution in [0.25, 0.3) is 17.0 Å². The van der Waals surface area contributed by atoms with Gasteiger partial charge in [0.25, 0.3) is 0 Å². The van der Waals surface area contributed by atoms with Crippen molar-refractivity contribution in [3.63, 3.8) is 0 Å². The molecular weight excluding hydrogens is 466 g/mol. The van der Waals surface area contributed by atoms with E-state index in [1.165, 1.54) is 24.3 Å². The van der Waals surface area contributed by atoms with E-state index in [4.69, 9.17) is 13.7 Å². The van der Waals surface area contributed by atoms with Crippen LogP contribution in [-0.2, 0) is 17.2 Å². The Balaban J connectivity index is 1.49. The minimum Gasteiger partial charge on any atom is -0.497 e. The number of carbonyl (C=O) groups excluding carboxylic acids is 1. The van der Waals surface area contributed by atoms with Crippen LogP contribution in [0.5, 0.6) is 17.2 Å². The summed E-state index contributed by atoms with van der Waals surface area (Å²) in [7, 11) is -0.521. The van der Waals surface area contributed by atoms with Crippen LogP contribution in [0, 0.1) is 13.8 Å². The molecule has 35 heavy (non-hydrogen) atoms. The summed E-state index contributed by atoms with van der Waals surface area (Å²) in [6.45, 7) is 3.54. The summed E-state index contributed by atoms with van der Waals surface area (Å²) in [6.07, 6.45) is 3.60. The van der Waals surface area contributed by atoms with Gasteiger partial charge in [-0.2, -0.15) is 8.42 Å². The second-order valence-corrected chi connectivity index (χ2v) is 9.98. The number of allylic oxidation sites excluding steroid dienone is 1. The van der Waals surface area contributed by atoms with Crippen molar-refractivity contribution >= 4 is 32.9 Å². The molecule has 5 rings (SSSR count). The van der Waals surface area contributed by atoms with E-state index in [1.807, 2.05) is 42.9 Å². The predicted octanol–water partition coefficient (Wildman–Crippen LogP) is 5.19. The maximum Gasteiger partial charge on any atom is 0.339 e. The molecule has 0 aliphatic carbocycles. The SMILES string of the molecule is COc1ccc2c(c1)c(/C=C1/Oc3c(ccc(OS(=O)(=O)c4ccc(C)cc4)c3C)C1=O)cn2C. The zero-order chi connectivity index (χ0) is 24.9. The number of aromatic nitrogens is 1. The first-order chi connectivity index (χ1) is 16.7. The van der Waals surface area contributed by atoms with E-state index < -0.39 is 10.1 Å². The fraction of sp³-hybridized carbons (Fsp3) is 0.148. The molecule has 0 bridgehead atoms. The normalized spacial score (nSPS) is 14.3. The Hall–Kier alpha value is -4.04. The second kappa shape index (κ2) is 8.32. The zero-order valence-electron chi connectivity index (χ0n) is 19.7. The van der Waals surface area contributed by atoms with E-state index in [0.717, 1.165) is 22.0 Å². The van der Waals surface area contributed by atoms with Crippen molar-refractivity contribution in [2.24, 2.45) is 7.05 Å². The molecule has 0 amide bonds. The third-order valence-electron chi connectivity index (χ3n) is 6.06. The van der Waals surface area contributed by atoms with Gasteiger partial charge >= 0.3 is 10.1 Å². The fourth-order valence-electron chi connectivity index (χ4n) is 4.11. The van der Waals surface area contributed by atoms with Crippen LogP contribution in [-0.4, -0.2) is 25.9 Å². The van der Waals surface area contributed by atoms with Crippen LogP contribution in [0.15, 0.2) is 71.4 Å². The van der Waals surface area contributed by atoms with Gasteiger partial charge in [0.05, 0.1) is 12.7 Å². The number of nitrogens with zero attached hydrogens (tertiary/aromatic N) is 1. The van der Waals surface area contributed by atoms with Crippen LogP contribution in [0.3, 0.4) is 0 Å². The van der Waals surface area contributed by atoms with Crippen molar-refractivity contribution < 1.29 is 26.9 Å². The molecule has 0 spiro atoms. The number of Topliss-reactive ketones (excluding diaryl/α,β-unsaturated/α-hetero) is 1. The number of carbonyl (C=O) groups is 1. The molecule has 178 valence electrons. The number of ether oxygens (including phenoxy) is 2. The lowest BCUT2D eigenvalue weighted by molar-refractivity contribution is 0.101. The first kappa shape index (κ1) is 22.7. The Morgan fingerprint density at radius 3 is 2.46 bits per heavy atom. The summed E-state index contributed by atoms with van der Waals surface area (Å²) in [5.74, 6) is 0.967. The van der Waals surface area contributed by atoms with E-state index in [9.17, 15) is 13.2 Å². The van der Waals surface area contributed by atoms with Crippen LogP contribution >= 0.6 is 0 Å². The van der Waals surface area contributed by atoms with Crippen molar-refractivity contribution in [2.45, 2.75) is 18.7 Å². The van der Waals surface area contributed by atoms with Gasteiger partial charge in [0, 0.05) is 35.3 Å². The van der Waals surface area contributed by atoms with Gasteiger partial charge in [0.15, 0.2) is 5.76 Å². The lowest BCUT2D eigenvalue weighted by atomic mass is 10.1. The molecule has 8 heteroatoms. The number of fused-ring (bicyclic) bond motifs is 2. The second-order valence-electron chi connectivity index (χ2n) is 8.43. The van der Waals surface area contributed by atoms with Crippen LogP contribution in [0.4, 0.5) is 0 Å². The van der Waals surface area contributed by atoms with E-state index in [2.05, 4.69) is 0 Å². The monoisotopic (exact) mass is 489 g/mol. The van der Waals surface area contributed by atoms with E-state index in [-0.39, 0.29) is 27.9 Å². The van der Waals surface area contributed by atoms with E-state index in [1.54, 1.807) is 32.2 Å². The van der Waals surface area contributed by atoms with Crippen LogP contribution < -0.4 is 13.7 Å². The lowest BCUT2D eigenvalue weighted by Crippen LogP contribution is -2.10. The van der Waals surface area contributed by atoms with Gasteiger partial charge in [-0.3, -0.25) is 4.79 Å². The Morgan fingerprint density at radius 1 is 1.00 bits per heavy atom. The first-order valence-corrected chi connectivity index (χ1v) is 12.3. The molecule has 0 unspecified atom stereocenters. The van der Waals surface area contributed by atoms with Crippen molar-refractivity contribution in [1.29, 1.82) is 0 Å². The van der Waals surface area contributed by atoms with Gasteiger partial charge in [-0.1, -0.05) is 17.7 Å². The predicted molar refractivity (Wildman–Crippen MR) is 133 cm³/mol. The number of methoxy groups -OCH3 is 1. The molecule has 0 saturated carbocycles. The minimum absolute atomic E-state index is 0.0481. The Labute approximate surface area is 203 Å². The van der Waals surface area contributed by atoms with Gasteiger partial charge < -0.3 is 18.2 Å². The maximum absolute atomic E-state index is 13.1. The Bertz CT molecular complexity index is 1630. The molecule has 0 N–H and O–H groups in total. The van der Waals surface area contributed by atoms with Crippen LogP contribution in [0.1, 0.15) is 27.0 Å². The minimum atomic E-state index is -4.04. The summed E-state index contributed by atoms with van der Waals surface area (Å²) in [4.78, 5) is 13.1. The molecule has 4 aromatic rings. The molecule has 0 radical (unpaired) electrons. The van der Waals surface area contributed by atoms with Gasteiger partial charge in [-0.25, -0.2) is 0 Å². The quantitative estimate of drug-likeness (QED) is 0.283. The van der Waals surface area contributed by atoms with Crippen LogP contribution in [0.2, 0.25) is 0 Å². The highest BCUT2D eigenvalue weighted by atomic mass is 32.2. The standard InChI is InChI=1S/C27H23NO6S/c1-16-5-8-20(9-6-16)35(30,31)34-24-12-10-21-26(29)25(33-27(21)17(24)2)13-18-15-28(3)23-11-7-19(32-4)14-22(18)23/h5-15H,1-4H3/b25-13+. The molecule has 3 aromatic carbocycles. The number of ketones is 1. The third kappa shape index (κ3) is 3.95. The van der Waals surface area contributed by atoms with Crippen molar-refractivity contribution in [2.75, 3.05) is 7.11 Å². The summed E-state index contributed by atoms with van der Waals surface area (Å²) in [5.41, 5.74) is 3.50. The zero-order valence-corrected chi connectivity index (χ0v) is 20.5. The first-order valence-electron chi connectivity index (χ1n) is 10.9. The van der Waals surface area contributed by atoms with Gasteiger partial charge in [0.1, 0.15) is 22.1 Å². The molecule has 0 saturated heterocycles. The third-order valence-corrected chi connectivity index (χ3v) is 7.31. The average Bonchev–Trinajstić information content (AvgIpc) is 3.32. The summed E-state index contributed by atoms with van der Waals surface area (Å²) < 4.78 is 44.2. The van der Waals surface area contributed by atoms with E-state index >= 15 is 0 Å². The number of hydrogen-bond acceptors (Lipinski definition) is 6. The molecule has 0 atom stereocenters. The molecular formula is C27H23NO6S. The highest BCUT2D eigenvalue weighted by molar-refractivity contribution is 7.87. The summed E-state index contributed by atoms with van der Waals surface area (Å²) >= 11 is 0. The fourth-order valence-corrected chi connectivity index (χ4v) is 5.10. The molecule has 2 heterocycles. The Morgan fingerprint density at radius 2 is 1.74 bits per heavy atom. The summed E-state index contributed by atoms with van der Waals surface area (Å²) in [5, 5.41) is 0.914. The molecule has 1 aliphatic heterocycles. The largest absolute Gasteiger partial charge is 0.497 e. The lowest BCUT2D eigenvalue weighted by Gasteiger charge is -2.11. The number of rotatable bonds is 5. The smallest absolute Gasteiger partial charge is 0.339 e. The summed E-state index contributed by atoms with van der Waals surface area (Å²) in [6, 6.07) is 15.1. The number of aryl methyl sites for hydroxylation is 2. The van der Waals surface area contributed by atoms with Gasteiger partial charge in [0.2, 0.25) is 5.78 Å². The highest BCUT2D eigenvalue weighted by Gasteiger charge is 2.31. The average molecular weight is 490 g/mol. The molecule has 0 fully saturated rings. The number of hydrogen-bond donors (Lipinski definition) is 0. The molecule has 7 nitrogen and oxygen atoms in total. The number of benzene rings is 3. The van der Waals surface area contributed by atoms with Crippen molar-refractivity contribution in [3.05, 3.63) is 88.8 Å². The molecule has 1 aromatic heterocycles.